The average Bonchev–Trinajstić information content (AvgIpc) is 2.69. The molecule has 90 valence electrons. The van der Waals surface area contributed by atoms with Crippen molar-refractivity contribution in [2.24, 2.45) is 0 Å². The van der Waals surface area contributed by atoms with Gasteiger partial charge >= 0.3 is 0 Å². The van der Waals surface area contributed by atoms with E-state index in [1.54, 1.807) is 18.2 Å². The van der Waals surface area contributed by atoms with Crippen LogP contribution in [0.15, 0.2) is 39.2 Å². The maximum atomic E-state index is 9.96. The Morgan fingerprint density at radius 1 is 1.24 bits per heavy atom. The quantitative estimate of drug-likeness (QED) is 0.887. The van der Waals surface area contributed by atoms with E-state index in [2.05, 4.69) is 15.9 Å². The predicted octanol–water partition coefficient (Wildman–Crippen LogP) is 4.63. The van der Waals surface area contributed by atoms with Crippen LogP contribution in [0.4, 0.5) is 0 Å². The van der Waals surface area contributed by atoms with Crippen LogP contribution in [-0.4, -0.2) is 5.11 Å². The van der Waals surface area contributed by atoms with Gasteiger partial charge in [-0.3, -0.25) is 0 Å². The van der Waals surface area contributed by atoms with E-state index in [0.717, 1.165) is 10.0 Å². The fourth-order valence-electron chi connectivity index (χ4n) is 1.50. The zero-order valence-electron chi connectivity index (χ0n) is 8.66. The number of aliphatic hydroxyl groups excluding tert-OH is 1. The van der Waals surface area contributed by atoms with Gasteiger partial charge in [-0.25, -0.2) is 0 Å². The summed E-state index contributed by atoms with van der Waals surface area (Å²) >= 11 is 15.0. The molecule has 5 heteroatoms. The zero-order valence-corrected chi connectivity index (χ0v) is 11.8. The summed E-state index contributed by atoms with van der Waals surface area (Å²) in [5.41, 5.74) is 0.856. The second kappa shape index (κ2) is 5.44. The summed E-state index contributed by atoms with van der Waals surface area (Å²) in [6.07, 6.45) is -0.364. The Kier molecular flexibility index (Phi) is 4.15. The highest BCUT2D eigenvalue weighted by Crippen LogP contribution is 2.27. The first-order valence-corrected chi connectivity index (χ1v) is 6.48. The van der Waals surface area contributed by atoms with E-state index < -0.39 is 6.10 Å². The molecular weight excluding hydrogens is 327 g/mol. The molecule has 0 aliphatic carbocycles. The van der Waals surface area contributed by atoms with Crippen LogP contribution in [0.1, 0.15) is 17.4 Å². The molecule has 0 amide bonds. The van der Waals surface area contributed by atoms with Crippen LogP contribution >= 0.6 is 39.1 Å². The molecule has 1 heterocycles. The van der Waals surface area contributed by atoms with Gasteiger partial charge in [-0.15, -0.1) is 0 Å². The second-order valence-corrected chi connectivity index (χ2v) is 5.29. The number of rotatable bonds is 3. The fraction of sp³-hybridized carbons (Fsp3) is 0.167. The first-order valence-electron chi connectivity index (χ1n) is 4.93. The molecule has 1 aromatic heterocycles. The second-order valence-electron chi connectivity index (χ2n) is 3.60. The Balaban J connectivity index is 2.15. The summed E-state index contributed by atoms with van der Waals surface area (Å²) in [6, 6.07) is 8.78. The van der Waals surface area contributed by atoms with E-state index >= 15 is 0 Å². The van der Waals surface area contributed by atoms with Crippen molar-refractivity contribution in [2.45, 2.75) is 12.5 Å². The van der Waals surface area contributed by atoms with Crippen LogP contribution in [0.3, 0.4) is 0 Å². The first-order chi connectivity index (χ1) is 8.06. The molecule has 0 fully saturated rings. The highest BCUT2D eigenvalue weighted by atomic mass is 79.9. The standard InChI is InChI=1S/C12H9BrCl2O2/c13-8-2-1-7(9(14)6-8)5-10(16)11-3-4-12(15)17-11/h1-4,6,10,16H,5H2. The van der Waals surface area contributed by atoms with Crippen molar-refractivity contribution in [3.05, 3.63) is 56.4 Å². The number of benzene rings is 1. The molecule has 17 heavy (non-hydrogen) atoms. The van der Waals surface area contributed by atoms with E-state index in [0.29, 0.717) is 17.2 Å². The molecule has 0 aliphatic heterocycles. The molecular formula is C12H9BrCl2O2. The van der Waals surface area contributed by atoms with Crippen molar-refractivity contribution >= 4 is 39.1 Å². The van der Waals surface area contributed by atoms with Crippen molar-refractivity contribution in [1.29, 1.82) is 0 Å². The predicted molar refractivity (Wildman–Crippen MR) is 71.5 cm³/mol. The fourth-order valence-corrected chi connectivity index (χ4v) is 2.41. The summed E-state index contributed by atoms with van der Waals surface area (Å²) in [5.74, 6) is 0.439. The maximum Gasteiger partial charge on any atom is 0.193 e. The number of furan rings is 1. The molecule has 0 aliphatic rings. The van der Waals surface area contributed by atoms with Crippen LogP contribution in [0.2, 0.25) is 10.2 Å². The van der Waals surface area contributed by atoms with Crippen LogP contribution < -0.4 is 0 Å². The SMILES string of the molecule is OC(Cc1ccc(Br)cc1Cl)c1ccc(Cl)o1. The molecule has 2 aromatic rings. The molecule has 1 N–H and O–H groups in total. The van der Waals surface area contributed by atoms with Crippen LogP contribution in [-0.2, 0) is 6.42 Å². The molecule has 0 bridgehead atoms. The molecule has 1 atom stereocenters. The lowest BCUT2D eigenvalue weighted by molar-refractivity contribution is 0.150. The highest BCUT2D eigenvalue weighted by molar-refractivity contribution is 9.10. The van der Waals surface area contributed by atoms with E-state index in [4.69, 9.17) is 27.6 Å². The monoisotopic (exact) mass is 334 g/mol. The van der Waals surface area contributed by atoms with Gasteiger partial charge in [0, 0.05) is 15.9 Å². The van der Waals surface area contributed by atoms with Gasteiger partial charge in [0.25, 0.3) is 0 Å². The van der Waals surface area contributed by atoms with Crippen molar-refractivity contribution < 1.29 is 9.52 Å². The average molecular weight is 336 g/mol. The Labute approximate surface area is 117 Å². The van der Waals surface area contributed by atoms with Crippen molar-refractivity contribution in [3.8, 4) is 0 Å². The summed E-state index contributed by atoms with van der Waals surface area (Å²) < 4.78 is 6.05. The zero-order chi connectivity index (χ0) is 12.4. The Hall–Kier alpha value is -0.480. The van der Waals surface area contributed by atoms with Gasteiger partial charge in [0.05, 0.1) is 0 Å². The van der Waals surface area contributed by atoms with E-state index in [1.807, 2.05) is 12.1 Å². The number of halogens is 3. The third-order valence-electron chi connectivity index (χ3n) is 2.35. The summed E-state index contributed by atoms with van der Waals surface area (Å²) in [7, 11) is 0. The van der Waals surface area contributed by atoms with Crippen LogP contribution in [0.25, 0.3) is 0 Å². The number of hydrogen-bond acceptors (Lipinski definition) is 2. The van der Waals surface area contributed by atoms with E-state index in [9.17, 15) is 5.11 Å². The maximum absolute atomic E-state index is 9.96. The van der Waals surface area contributed by atoms with Gasteiger partial charge in [0.15, 0.2) is 5.22 Å². The molecule has 1 aromatic carbocycles. The summed E-state index contributed by atoms with van der Waals surface area (Å²) in [4.78, 5) is 0. The van der Waals surface area contributed by atoms with Gasteiger partial charge in [0.1, 0.15) is 11.9 Å². The van der Waals surface area contributed by atoms with Gasteiger partial charge in [-0.05, 0) is 41.4 Å². The van der Waals surface area contributed by atoms with Crippen molar-refractivity contribution in [2.75, 3.05) is 0 Å². The minimum atomic E-state index is -0.749. The third-order valence-corrected chi connectivity index (χ3v) is 3.40. The lowest BCUT2D eigenvalue weighted by Crippen LogP contribution is -2.00. The van der Waals surface area contributed by atoms with Crippen molar-refractivity contribution in [1.82, 2.24) is 0 Å². The number of aliphatic hydroxyl groups is 1. The first kappa shape index (κ1) is 13.0. The van der Waals surface area contributed by atoms with E-state index in [1.165, 1.54) is 0 Å². The van der Waals surface area contributed by atoms with Gasteiger partial charge < -0.3 is 9.52 Å². The lowest BCUT2D eigenvalue weighted by atomic mass is 10.1. The Bertz CT molecular complexity index is 525. The smallest absolute Gasteiger partial charge is 0.193 e. The topological polar surface area (TPSA) is 33.4 Å². The Morgan fingerprint density at radius 3 is 2.59 bits per heavy atom. The molecule has 1 unspecified atom stereocenters. The Morgan fingerprint density at radius 2 is 2.00 bits per heavy atom. The van der Waals surface area contributed by atoms with Crippen molar-refractivity contribution in [3.63, 3.8) is 0 Å². The molecule has 2 rings (SSSR count). The minimum absolute atomic E-state index is 0.265. The molecule has 0 spiro atoms. The lowest BCUT2D eigenvalue weighted by Gasteiger charge is -2.09. The number of hydrogen-bond donors (Lipinski definition) is 1. The highest BCUT2D eigenvalue weighted by Gasteiger charge is 2.14. The normalized spacial score (nSPS) is 12.7. The molecule has 0 saturated carbocycles. The van der Waals surface area contributed by atoms with Crippen LogP contribution in [0, 0.1) is 0 Å². The van der Waals surface area contributed by atoms with Gasteiger partial charge in [-0.2, -0.15) is 0 Å². The van der Waals surface area contributed by atoms with E-state index in [-0.39, 0.29) is 5.22 Å². The largest absolute Gasteiger partial charge is 0.447 e. The summed E-state index contributed by atoms with van der Waals surface area (Å²) in [6.45, 7) is 0. The molecule has 2 nitrogen and oxygen atoms in total. The van der Waals surface area contributed by atoms with Gasteiger partial charge in [-0.1, -0.05) is 33.6 Å². The minimum Gasteiger partial charge on any atom is -0.447 e. The molecule has 0 saturated heterocycles. The molecule has 0 radical (unpaired) electrons. The third kappa shape index (κ3) is 3.26. The summed E-state index contributed by atoms with van der Waals surface area (Å²) in [5, 5.41) is 10.8. The van der Waals surface area contributed by atoms with Crippen LogP contribution in [0.5, 0.6) is 0 Å². The van der Waals surface area contributed by atoms with Gasteiger partial charge in [0.2, 0.25) is 0 Å².